The third kappa shape index (κ3) is 2.94. The molecule has 2 aromatic heterocycles. The van der Waals surface area contributed by atoms with Crippen molar-refractivity contribution in [2.24, 2.45) is 0 Å². The number of rotatable bonds is 2. The number of nitrogens with one attached hydrogen (secondary N) is 1. The Morgan fingerprint density at radius 1 is 1.38 bits per heavy atom. The molecule has 1 aliphatic heterocycles. The fraction of sp³-hybridized carbons (Fsp3) is 0.333. The van der Waals surface area contributed by atoms with Gasteiger partial charge in [-0.2, -0.15) is 0 Å². The van der Waals surface area contributed by atoms with Crippen molar-refractivity contribution in [3.05, 3.63) is 41.3 Å². The van der Waals surface area contributed by atoms with Gasteiger partial charge in [0, 0.05) is 12.3 Å². The molecule has 1 N–H and O–H groups in total. The SMILES string of the molecule is C[NH+]1CCN(C(=O)/C=C/c2c(Cl)nc3ccccn23)CC1. The van der Waals surface area contributed by atoms with E-state index in [9.17, 15) is 4.79 Å². The van der Waals surface area contributed by atoms with Crippen LogP contribution in [0.5, 0.6) is 0 Å². The quantitative estimate of drug-likeness (QED) is 0.814. The minimum atomic E-state index is 0.0319. The van der Waals surface area contributed by atoms with E-state index in [-0.39, 0.29) is 5.91 Å². The fourth-order valence-electron chi connectivity index (χ4n) is 2.50. The molecule has 0 atom stereocenters. The average Bonchev–Trinajstić information content (AvgIpc) is 2.81. The highest BCUT2D eigenvalue weighted by molar-refractivity contribution is 6.31. The Hall–Kier alpha value is -1.85. The summed E-state index contributed by atoms with van der Waals surface area (Å²) in [4.78, 5) is 19.8. The van der Waals surface area contributed by atoms with Gasteiger partial charge in [0.05, 0.1) is 38.9 Å². The van der Waals surface area contributed by atoms with Crippen LogP contribution >= 0.6 is 11.6 Å². The van der Waals surface area contributed by atoms with Gasteiger partial charge in [-0.3, -0.25) is 9.20 Å². The Kier molecular flexibility index (Phi) is 3.94. The van der Waals surface area contributed by atoms with Gasteiger partial charge in [0.2, 0.25) is 5.91 Å². The van der Waals surface area contributed by atoms with Crippen LogP contribution in [0.15, 0.2) is 30.5 Å². The van der Waals surface area contributed by atoms with Crippen molar-refractivity contribution in [1.82, 2.24) is 14.3 Å². The fourth-order valence-corrected chi connectivity index (χ4v) is 2.74. The lowest BCUT2D eigenvalue weighted by molar-refractivity contribution is -0.883. The first-order valence-corrected chi connectivity index (χ1v) is 7.44. The second-order valence-electron chi connectivity index (χ2n) is 5.33. The van der Waals surface area contributed by atoms with Crippen molar-refractivity contribution >= 4 is 29.2 Å². The summed E-state index contributed by atoms with van der Waals surface area (Å²) in [6, 6.07) is 5.70. The van der Waals surface area contributed by atoms with Crippen LogP contribution in [0.1, 0.15) is 5.69 Å². The Labute approximate surface area is 128 Å². The zero-order chi connectivity index (χ0) is 14.8. The lowest BCUT2D eigenvalue weighted by Crippen LogP contribution is -3.12. The van der Waals surface area contributed by atoms with Crippen LogP contribution in [0.3, 0.4) is 0 Å². The zero-order valence-corrected chi connectivity index (χ0v) is 12.7. The van der Waals surface area contributed by atoms with Crippen LogP contribution in [0, 0.1) is 0 Å². The summed E-state index contributed by atoms with van der Waals surface area (Å²) in [5, 5.41) is 0.410. The lowest BCUT2D eigenvalue weighted by Gasteiger charge is -2.29. The number of carbonyl (C=O) groups excluding carboxylic acids is 1. The van der Waals surface area contributed by atoms with Crippen molar-refractivity contribution in [3.8, 4) is 0 Å². The molecule has 0 saturated carbocycles. The first-order chi connectivity index (χ1) is 10.1. The topological polar surface area (TPSA) is 42.0 Å². The maximum Gasteiger partial charge on any atom is 0.247 e. The molecule has 3 heterocycles. The van der Waals surface area contributed by atoms with Gasteiger partial charge < -0.3 is 9.80 Å². The van der Waals surface area contributed by atoms with E-state index in [2.05, 4.69) is 12.0 Å². The molecule has 1 fully saturated rings. The molecule has 1 amide bonds. The first kappa shape index (κ1) is 14.1. The minimum Gasteiger partial charge on any atom is -0.334 e. The maximum atomic E-state index is 12.2. The molecule has 0 aromatic carbocycles. The van der Waals surface area contributed by atoms with Crippen LogP contribution in [0.2, 0.25) is 5.15 Å². The Morgan fingerprint density at radius 3 is 2.90 bits per heavy atom. The van der Waals surface area contributed by atoms with E-state index in [0.717, 1.165) is 37.5 Å². The molecular weight excluding hydrogens is 288 g/mol. The number of fused-ring (bicyclic) bond motifs is 1. The summed E-state index contributed by atoms with van der Waals surface area (Å²) < 4.78 is 1.88. The van der Waals surface area contributed by atoms with Gasteiger partial charge in [0.1, 0.15) is 5.65 Å². The summed E-state index contributed by atoms with van der Waals surface area (Å²) in [6.45, 7) is 3.59. The molecule has 0 spiro atoms. The van der Waals surface area contributed by atoms with E-state index in [0.29, 0.717) is 5.15 Å². The largest absolute Gasteiger partial charge is 0.334 e. The molecule has 0 aliphatic carbocycles. The molecule has 5 nitrogen and oxygen atoms in total. The van der Waals surface area contributed by atoms with Gasteiger partial charge >= 0.3 is 0 Å². The average molecular weight is 306 g/mol. The van der Waals surface area contributed by atoms with Crippen LogP contribution in [0.4, 0.5) is 0 Å². The van der Waals surface area contributed by atoms with E-state index < -0.39 is 0 Å². The predicted octanol–water partition coefficient (Wildman–Crippen LogP) is 0.358. The molecule has 0 radical (unpaired) electrons. The standard InChI is InChI=1S/C15H17ClN4O/c1-18-8-10-19(11-9-18)14(21)6-5-12-15(16)17-13-4-2-3-7-20(12)13/h2-7H,8-11H2,1H3/p+1/b6-5+. The van der Waals surface area contributed by atoms with Crippen molar-refractivity contribution in [2.45, 2.75) is 0 Å². The second kappa shape index (κ2) is 5.87. The number of nitrogens with zero attached hydrogens (tertiary/aromatic N) is 3. The number of piperazine rings is 1. The third-order valence-electron chi connectivity index (χ3n) is 3.83. The number of imidazole rings is 1. The number of quaternary nitrogens is 1. The second-order valence-corrected chi connectivity index (χ2v) is 5.69. The molecule has 2 aromatic rings. The number of hydrogen-bond donors (Lipinski definition) is 1. The molecule has 6 heteroatoms. The minimum absolute atomic E-state index is 0.0319. The van der Waals surface area contributed by atoms with Crippen molar-refractivity contribution < 1.29 is 9.69 Å². The number of halogens is 1. The maximum absolute atomic E-state index is 12.2. The van der Waals surface area contributed by atoms with Gasteiger partial charge in [-0.15, -0.1) is 0 Å². The van der Waals surface area contributed by atoms with Gasteiger partial charge in [-0.05, 0) is 18.2 Å². The molecule has 1 aliphatic rings. The molecule has 21 heavy (non-hydrogen) atoms. The monoisotopic (exact) mass is 305 g/mol. The van der Waals surface area contributed by atoms with Crippen molar-refractivity contribution in [2.75, 3.05) is 33.2 Å². The molecule has 1 saturated heterocycles. The lowest BCUT2D eigenvalue weighted by atomic mass is 10.3. The molecule has 0 bridgehead atoms. The van der Waals surface area contributed by atoms with Crippen LogP contribution in [-0.4, -0.2) is 53.4 Å². The van der Waals surface area contributed by atoms with Gasteiger partial charge in [0.15, 0.2) is 5.15 Å². The number of hydrogen-bond acceptors (Lipinski definition) is 2. The molecular formula is C15H18ClN4O+. The number of likely N-dealkylation sites (N-methyl/N-ethyl adjacent to an activating group) is 1. The van der Waals surface area contributed by atoms with E-state index in [1.807, 2.05) is 33.7 Å². The van der Waals surface area contributed by atoms with Gasteiger partial charge in [0.25, 0.3) is 0 Å². The molecule has 3 rings (SSSR count). The van der Waals surface area contributed by atoms with E-state index in [1.54, 1.807) is 12.2 Å². The molecule has 110 valence electrons. The predicted molar refractivity (Wildman–Crippen MR) is 82.4 cm³/mol. The highest BCUT2D eigenvalue weighted by Gasteiger charge is 2.19. The van der Waals surface area contributed by atoms with Crippen molar-refractivity contribution in [1.29, 1.82) is 0 Å². The number of pyridine rings is 1. The Balaban J connectivity index is 1.78. The summed E-state index contributed by atoms with van der Waals surface area (Å²) in [5.74, 6) is 0.0319. The Morgan fingerprint density at radius 2 is 2.14 bits per heavy atom. The van der Waals surface area contributed by atoms with Gasteiger partial charge in [-0.25, -0.2) is 4.98 Å². The Bertz CT molecular complexity index is 686. The number of amides is 1. The van der Waals surface area contributed by atoms with E-state index in [1.165, 1.54) is 4.90 Å². The number of aromatic nitrogens is 2. The van der Waals surface area contributed by atoms with Crippen LogP contribution in [0.25, 0.3) is 11.7 Å². The summed E-state index contributed by atoms with van der Waals surface area (Å²) in [5.41, 5.74) is 1.51. The van der Waals surface area contributed by atoms with Crippen molar-refractivity contribution in [3.63, 3.8) is 0 Å². The van der Waals surface area contributed by atoms with E-state index in [4.69, 9.17) is 11.6 Å². The highest BCUT2D eigenvalue weighted by atomic mass is 35.5. The highest BCUT2D eigenvalue weighted by Crippen LogP contribution is 2.18. The molecule has 0 unspecified atom stereocenters. The third-order valence-corrected chi connectivity index (χ3v) is 4.11. The summed E-state index contributed by atoms with van der Waals surface area (Å²) in [7, 11) is 2.15. The van der Waals surface area contributed by atoms with E-state index >= 15 is 0 Å². The summed E-state index contributed by atoms with van der Waals surface area (Å²) >= 11 is 6.14. The zero-order valence-electron chi connectivity index (χ0n) is 11.9. The number of carbonyl (C=O) groups is 1. The van der Waals surface area contributed by atoms with Crippen LogP contribution < -0.4 is 4.90 Å². The van der Waals surface area contributed by atoms with Gasteiger partial charge in [-0.1, -0.05) is 17.7 Å². The first-order valence-electron chi connectivity index (χ1n) is 7.06. The normalized spacial score (nSPS) is 17.0. The smallest absolute Gasteiger partial charge is 0.247 e. The summed E-state index contributed by atoms with van der Waals surface area (Å²) in [6.07, 6.45) is 5.22. The van der Waals surface area contributed by atoms with Crippen LogP contribution in [-0.2, 0) is 4.79 Å².